The maximum absolute atomic E-state index is 4.89. The lowest BCUT2D eigenvalue weighted by atomic mass is 9.90. The quantitative estimate of drug-likeness (QED) is 0.231. The number of aliphatic imine (C=N–C) groups is 1. The molecule has 2 aromatic rings. The van der Waals surface area contributed by atoms with E-state index in [0.29, 0.717) is 0 Å². The van der Waals surface area contributed by atoms with E-state index in [4.69, 9.17) is 4.99 Å². The van der Waals surface area contributed by atoms with Crippen LogP contribution in [0.3, 0.4) is 0 Å². The van der Waals surface area contributed by atoms with Gasteiger partial charge in [-0.05, 0) is 87.3 Å². The summed E-state index contributed by atoms with van der Waals surface area (Å²) in [5, 5.41) is 0. The topological polar surface area (TPSA) is 12.4 Å². The maximum Gasteiger partial charge on any atom is 0.0395 e. The van der Waals surface area contributed by atoms with E-state index in [2.05, 4.69) is 90.4 Å². The zero-order valence-electron chi connectivity index (χ0n) is 21.5. The molecule has 0 N–H and O–H groups in total. The first-order valence-corrected chi connectivity index (χ1v) is 12.0. The van der Waals surface area contributed by atoms with Gasteiger partial charge in [-0.15, -0.1) is 0 Å². The Bertz CT molecular complexity index is 1080. The highest BCUT2D eigenvalue weighted by atomic mass is 14.7. The van der Waals surface area contributed by atoms with Crippen LogP contribution < -0.4 is 0 Å². The Labute approximate surface area is 202 Å². The van der Waals surface area contributed by atoms with E-state index < -0.39 is 0 Å². The van der Waals surface area contributed by atoms with Gasteiger partial charge in [0.1, 0.15) is 0 Å². The zero-order valence-corrected chi connectivity index (χ0v) is 21.5. The molecule has 1 heteroatoms. The second kappa shape index (κ2) is 12.3. The molecule has 2 rings (SSSR count). The van der Waals surface area contributed by atoms with E-state index in [1.54, 1.807) is 0 Å². The van der Waals surface area contributed by atoms with Gasteiger partial charge in [-0.25, -0.2) is 0 Å². The largest absolute Gasteiger partial charge is 0.289 e. The van der Waals surface area contributed by atoms with Gasteiger partial charge in [0.05, 0.1) is 0 Å². The number of aryl methyl sites for hydroxylation is 1. The summed E-state index contributed by atoms with van der Waals surface area (Å²) in [5.74, 6) is 0. The Kier molecular flexibility index (Phi) is 9.85. The third kappa shape index (κ3) is 7.02. The Morgan fingerprint density at radius 3 is 1.70 bits per heavy atom. The van der Waals surface area contributed by atoms with Gasteiger partial charge in [-0.3, -0.25) is 4.99 Å². The van der Waals surface area contributed by atoms with Crippen molar-refractivity contribution >= 4 is 28.0 Å². The third-order valence-corrected chi connectivity index (χ3v) is 6.08. The molecule has 0 radical (unpaired) electrons. The van der Waals surface area contributed by atoms with Crippen molar-refractivity contribution in [3.63, 3.8) is 0 Å². The summed E-state index contributed by atoms with van der Waals surface area (Å²) < 4.78 is 0. The first kappa shape index (κ1) is 26.3. The van der Waals surface area contributed by atoms with Crippen molar-refractivity contribution in [3.05, 3.63) is 96.1 Å². The number of allylic oxidation sites excluding steroid dienone is 4. The molecule has 0 aliphatic rings. The van der Waals surface area contributed by atoms with Gasteiger partial charge in [0.15, 0.2) is 0 Å². The number of hydrogen-bond donors (Lipinski definition) is 0. The minimum absolute atomic E-state index is 0.862. The SMILES string of the molecule is C=C(C)c1cccc(CCCCCCN=C(C)c2cccc(C(=C)C)c2C(=C)C)c1C(=C)C. The van der Waals surface area contributed by atoms with Crippen LogP contribution in [0.5, 0.6) is 0 Å². The molecule has 0 aliphatic heterocycles. The van der Waals surface area contributed by atoms with E-state index >= 15 is 0 Å². The minimum Gasteiger partial charge on any atom is -0.289 e. The standard InChI is InChI=1S/C32H41N/c1-22(2)28-18-14-17-27(31(28)24(5)6)16-12-10-11-13-21-33-26(9)30-20-15-19-29(23(3)4)32(30)25(7)8/h14-15,17-20H,1,3,5,7,10-13,16,21H2,2,4,6,8-9H3. The van der Waals surface area contributed by atoms with E-state index in [1.165, 1.54) is 52.6 Å². The van der Waals surface area contributed by atoms with Gasteiger partial charge in [-0.1, -0.05) is 92.3 Å². The van der Waals surface area contributed by atoms with Crippen molar-refractivity contribution in [1.82, 2.24) is 0 Å². The molecule has 0 heterocycles. The van der Waals surface area contributed by atoms with Crippen LogP contribution in [0.2, 0.25) is 0 Å². The molecule has 2 aromatic carbocycles. The lowest BCUT2D eigenvalue weighted by Crippen LogP contribution is -2.04. The van der Waals surface area contributed by atoms with E-state index in [9.17, 15) is 0 Å². The summed E-state index contributed by atoms with van der Waals surface area (Å²) in [5.41, 5.74) is 12.9. The second-order valence-corrected chi connectivity index (χ2v) is 9.32. The van der Waals surface area contributed by atoms with Gasteiger partial charge in [-0.2, -0.15) is 0 Å². The molecular formula is C32H41N. The average molecular weight is 440 g/mol. The molecule has 0 unspecified atom stereocenters. The fourth-order valence-electron chi connectivity index (χ4n) is 4.45. The smallest absolute Gasteiger partial charge is 0.0395 e. The molecule has 0 saturated heterocycles. The fourth-order valence-corrected chi connectivity index (χ4v) is 4.45. The van der Waals surface area contributed by atoms with Crippen LogP contribution in [0.4, 0.5) is 0 Å². The molecule has 0 bridgehead atoms. The van der Waals surface area contributed by atoms with E-state index in [0.717, 1.165) is 47.4 Å². The third-order valence-electron chi connectivity index (χ3n) is 6.08. The van der Waals surface area contributed by atoms with Crippen molar-refractivity contribution in [2.45, 2.75) is 66.7 Å². The number of unbranched alkanes of at least 4 members (excludes halogenated alkanes) is 3. The fraction of sp³-hybridized carbons (Fsp3) is 0.344. The minimum atomic E-state index is 0.862. The molecule has 0 saturated carbocycles. The summed E-state index contributed by atoms with van der Waals surface area (Å²) in [4.78, 5) is 4.89. The number of rotatable bonds is 12. The molecule has 0 amide bonds. The first-order chi connectivity index (χ1) is 15.6. The van der Waals surface area contributed by atoms with Gasteiger partial charge in [0.25, 0.3) is 0 Å². The average Bonchev–Trinajstić information content (AvgIpc) is 2.77. The number of hydrogen-bond acceptors (Lipinski definition) is 1. The summed E-state index contributed by atoms with van der Waals surface area (Å²) in [6.07, 6.45) is 5.78. The summed E-state index contributed by atoms with van der Waals surface area (Å²) in [6.45, 7) is 27.9. The van der Waals surface area contributed by atoms with Crippen molar-refractivity contribution < 1.29 is 0 Å². The molecule has 174 valence electrons. The van der Waals surface area contributed by atoms with Crippen LogP contribution in [0.15, 0.2) is 67.7 Å². The van der Waals surface area contributed by atoms with Gasteiger partial charge in [0, 0.05) is 17.8 Å². The lowest BCUT2D eigenvalue weighted by Gasteiger charge is -2.15. The van der Waals surface area contributed by atoms with E-state index in [-0.39, 0.29) is 0 Å². The highest BCUT2D eigenvalue weighted by Gasteiger charge is 2.12. The highest BCUT2D eigenvalue weighted by molar-refractivity contribution is 6.04. The van der Waals surface area contributed by atoms with Crippen LogP contribution in [-0.2, 0) is 6.42 Å². The van der Waals surface area contributed by atoms with Crippen molar-refractivity contribution in [1.29, 1.82) is 0 Å². The molecule has 0 fully saturated rings. The molecular weight excluding hydrogens is 398 g/mol. The Morgan fingerprint density at radius 2 is 1.12 bits per heavy atom. The van der Waals surface area contributed by atoms with Gasteiger partial charge < -0.3 is 0 Å². The summed E-state index contributed by atoms with van der Waals surface area (Å²) in [6, 6.07) is 12.9. The number of benzene rings is 2. The van der Waals surface area contributed by atoms with Crippen molar-refractivity contribution in [2.75, 3.05) is 6.54 Å². The van der Waals surface area contributed by atoms with Crippen molar-refractivity contribution in [3.8, 4) is 0 Å². The summed E-state index contributed by atoms with van der Waals surface area (Å²) >= 11 is 0. The first-order valence-electron chi connectivity index (χ1n) is 12.0. The Hall–Kier alpha value is -2.93. The van der Waals surface area contributed by atoms with Gasteiger partial charge >= 0.3 is 0 Å². The van der Waals surface area contributed by atoms with E-state index in [1.807, 2.05) is 6.92 Å². The lowest BCUT2D eigenvalue weighted by molar-refractivity contribution is 0.647. The van der Waals surface area contributed by atoms with Crippen LogP contribution in [-0.4, -0.2) is 12.3 Å². The molecule has 0 spiro atoms. The van der Waals surface area contributed by atoms with Crippen molar-refractivity contribution in [2.24, 2.45) is 4.99 Å². The molecule has 0 atom stereocenters. The molecule has 0 aliphatic carbocycles. The predicted octanol–water partition coefficient (Wildman–Crippen LogP) is 9.43. The summed E-state index contributed by atoms with van der Waals surface area (Å²) in [7, 11) is 0. The monoisotopic (exact) mass is 439 g/mol. The maximum atomic E-state index is 4.89. The van der Waals surface area contributed by atoms with Gasteiger partial charge in [0.2, 0.25) is 0 Å². The molecule has 0 aromatic heterocycles. The Morgan fingerprint density at radius 1 is 0.606 bits per heavy atom. The Balaban J connectivity index is 1.93. The van der Waals surface area contributed by atoms with Crippen LogP contribution in [0.1, 0.15) is 93.7 Å². The predicted molar refractivity (Wildman–Crippen MR) is 151 cm³/mol. The molecule has 1 nitrogen and oxygen atoms in total. The normalized spacial score (nSPS) is 11.4. The second-order valence-electron chi connectivity index (χ2n) is 9.32. The highest BCUT2D eigenvalue weighted by Crippen LogP contribution is 2.29. The zero-order chi connectivity index (χ0) is 24.5. The van der Waals surface area contributed by atoms with Crippen LogP contribution in [0.25, 0.3) is 22.3 Å². The number of nitrogens with zero attached hydrogens (tertiary/aromatic N) is 1. The van der Waals surface area contributed by atoms with Crippen LogP contribution >= 0.6 is 0 Å². The van der Waals surface area contributed by atoms with Crippen LogP contribution in [0, 0.1) is 0 Å². The molecule has 33 heavy (non-hydrogen) atoms.